The van der Waals surface area contributed by atoms with Gasteiger partial charge in [-0.15, -0.1) is 0 Å². The molecule has 0 bridgehead atoms. The van der Waals surface area contributed by atoms with Crippen LogP contribution in [0.5, 0.6) is 0 Å². The van der Waals surface area contributed by atoms with E-state index >= 15 is 0 Å². The second-order valence-corrected chi connectivity index (χ2v) is 7.52. The Morgan fingerprint density at radius 2 is 2.03 bits per heavy atom. The Hall–Kier alpha value is -2.71. The van der Waals surface area contributed by atoms with E-state index in [1.807, 2.05) is 41.1 Å². The van der Waals surface area contributed by atoms with Gasteiger partial charge in [0.25, 0.3) is 5.91 Å². The molecule has 1 aromatic heterocycles. The number of rotatable bonds is 5. The fraction of sp³-hybridized carbons (Fsp3) is 0.476. The maximum absolute atomic E-state index is 12.8. The Labute approximate surface area is 169 Å². The van der Waals surface area contributed by atoms with Gasteiger partial charge in [-0.2, -0.15) is 0 Å². The zero-order valence-corrected chi connectivity index (χ0v) is 16.5. The number of likely N-dealkylation sites (tertiary alicyclic amines) is 1. The van der Waals surface area contributed by atoms with Crippen LogP contribution in [0.4, 0.5) is 0 Å². The van der Waals surface area contributed by atoms with Crippen molar-refractivity contribution in [3.63, 3.8) is 0 Å². The van der Waals surface area contributed by atoms with Gasteiger partial charge in [-0.3, -0.25) is 9.59 Å². The van der Waals surface area contributed by atoms with E-state index < -0.39 is 11.7 Å². The van der Waals surface area contributed by atoms with E-state index in [2.05, 4.69) is 10.3 Å². The minimum atomic E-state index is -0.652. The third-order valence-corrected chi connectivity index (χ3v) is 5.65. The lowest BCUT2D eigenvalue weighted by atomic mass is 9.88. The van der Waals surface area contributed by atoms with E-state index in [0.29, 0.717) is 39.0 Å². The molecule has 0 saturated carbocycles. The van der Waals surface area contributed by atoms with Crippen molar-refractivity contribution in [2.75, 3.05) is 26.8 Å². The first-order valence-electron chi connectivity index (χ1n) is 9.89. The van der Waals surface area contributed by atoms with Gasteiger partial charge in [0.1, 0.15) is 18.0 Å². The van der Waals surface area contributed by atoms with Crippen molar-refractivity contribution < 1.29 is 19.1 Å². The number of carbonyl (C=O) groups excluding carboxylic acids is 2. The third-order valence-electron chi connectivity index (χ3n) is 5.65. The number of imidazole rings is 1. The molecule has 3 heterocycles. The van der Waals surface area contributed by atoms with E-state index in [1.165, 1.54) is 7.11 Å². The summed E-state index contributed by atoms with van der Waals surface area (Å²) in [5.41, 5.74) is 0.389. The van der Waals surface area contributed by atoms with Gasteiger partial charge in [0.05, 0.1) is 6.54 Å². The van der Waals surface area contributed by atoms with Crippen LogP contribution in [-0.4, -0.2) is 59.2 Å². The van der Waals surface area contributed by atoms with Crippen LogP contribution >= 0.6 is 0 Å². The number of nitrogens with zero attached hydrogens (tertiary/aromatic N) is 3. The van der Waals surface area contributed by atoms with Gasteiger partial charge in [-0.05, 0) is 5.56 Å². The molecule has 2 aromatic rings. The van der Waals surface area contributed by atoms with Crippen molar-refractivity contribution in [3.05, 3.63) is 54.1 Å². The summed E-state index contributed by atoms with van der Waals surface area (Å²) in [6, 6.07) is 9.80. The minimum Gasteiger partial charge on any atom is -0.375 e. The molecule has 154 valence electrons. The number of fused-ring (bicyclic) bond motifs is 2. The van der Waals surface area contributed by atoms with Crippen LogP contribution in [-0.2, 0) is 37.8 Å². The van der Waals surface area contributed by atoms with Crippen LogP contribution in [0.15, 0.2) is 42.7 Å². The van der Waals surface area contributed by atoms with E-state index in [0.717, 1.165) is 11.4 Å². The summed E-state index contributed by atoms with van der Waals surface area (Å²) in [5, 5.41) is 2.98. The van der Waals surface area contributed by atoms with Crippen molar-refractivity contribution in [3.8, 4) is 0 Å². The van der Waals surface area contributed by atoms with Gasteiger partial charge in [0, 0.05) is 52.0 Å². The molecule has 0 aliphatic carbocycles. The predicted octanol–water partition coefficient (Wildman–Crippen LogP) is 1.06. The molecule has 0 radical (unpaired) electrons. The number of carbonyl (C=O) groups is 2. The molecule has 1 atom stereocenters. The molecule has 1 spiro atoms. The topological polar surface area (TPSA) is 85.7 Å². The molecule has 2 aliphatic rings. The van der Waals surface area contributed by atoms with Gasteiger partial charge >= 0.3 is 0 Å². The Balaban J connectivity index is 1.45. The number of hydrogen-bond donors (Lipinski definition) is 1. The average molecular weight is 398 g/mol. The molecule has 29 heavy (non-hydrogen) atoms. The average Bonchev–Trinajstić information content (AvgIpc) is 3.23. The lowest BCUT2D eigenvalue weighted by Crippen LogP contribution is -2.55. The fourth-order valence-corrected chi connectivity index (χ4v) is 4.11. The fourth-order valence-electron chi connectivity index (χ4n) is 4.11. The highest BCUT2D eigenvalue weighted by Gasteiger charge is 2.47. The predicted molar refractivity (Wildman–Crippen MR) is 105 cm³/mol. The number of methoxy groups -OCH3 is 1. The Morgan fingerprint density at radius 3 is 2.76 bits per heavy atom. The number of aromatic nitrogens is 2. The molecule has 1 aromatic carbocycles. The van der Waals surface area contributed by atoms with E-state index in [1.54, 1.807) is 11.1 Å². The van der Waals surface area contributed by atoms with Gasteiger partial charge < -0.3 is 24.3 Å². The number of nitrogens with one attached hydrogen (secondary N) is 1. The standard InChI is InChI=1S/C21H26N4O4/c1-28-15-18(26)24-10-7-21(8-11-24)20-22-9-12-25(20)14-17(29-21)19(27)23-13-16-5-3-2-4-6-16/h2-6,9,12,17H,7-8,10-11,13-15H2,1H3,(H,23,27)/t17-/m1/s1. The van der Waals surface area contributed by atoms with E-state index in [4.69, 9.17) is 9.47 Å². The number of ether oxygens (including phenoxy) is 2. The minimum absolute atomic E-state index is 0.0290. The first-order chi connectivity index (χ1) is 14.1. The van der Waals surface area contributed by atoms with Crippen LogP contribution < -0.4 is 5.32 Å². The van der Waals surface area contributed by atoms with Crippen molar-refractivity contribution in [2.45, 2.75) is 37.6 Å². The lowest BCUT2D eigenvalue weighted by molar-refractivity contribution is -0.176. The summed E-state index contributed by atoms with van der Waals surface area (Å²) in [6.45, 7) is 2.07. The second kappa shape index (κ2) is 8.34. The summed E-state index contributed by atoms with van der Waals surface area (Å²) < 4.78 is 13.3. The maximum Gasteiger partial charge on any atom is 0.251 e. The molecule has 4 rings (SSSR count). The number of benzene rings is 1. The number of piperidine rings is 1. The highest BCUT2D eigenvalue weighted by molar-refractivity contribution is 5.81. The Kier molecular flexibility index (Phi) is 5.64. The normalized spacial score (nSPS) is 20.3. The van der Waals surface area contributed by atoms with E-state index in [9.17, 15) is 9.59 Å². The van der Waals surface area contributed by atoms with Crippen LogP contribution in [0.2, 0.25) is 0 Å². The summed E-state index contributed by atoms with van der Waals surface area (Å²) in [6.07, 6.45) is 4.23. The summed E-state index contributed by atoms with van der Waals surface area (Å²) >= 11 is 0. The Morgan fingerprint density at radius 1 is 1.28 bits per heavy atom. The summed E-state index contributed by atoms with van der Waals surface area (Å²) in [7, 11) is 1.52. The number of amides is 2. The highest BCUT2D eigenvalue weighted by atomic mass is 16.5. The smallest absolute Gasteiger partial charge is 0.251 e. The zero-order valence-electron chi connectivity index (χ0n) is 16.5. The molecule has 8 heteroatoms. The first kappa shape index (κ1) is 19.6. The summed E-state index contributed by atoms with van der Waals surface area (Å²) in [4.78, 5) is 31.3. The summed E-state index contributed by atoms with van der Waals surface area (Å²) in [5.74, 6) is 0.674. The largest absolute Gasteiger partial charge is 0.375 e. The molecular formula is C21H26N4O4. The van der Waals surface area contributed by atoms with Crippen LogP contribution in [0.1, 0.15) is 24.2 Å². The van der Waals surface area contributed by atoms with Gasteiger partial charge in [0.15, 0.2) is 6.10 Å². The molecule has 0 unspecified atom stereocenters. The molecule has 1 saturated heterocycles. The molecule has 1 N–H and O–H groups in total. The van der Waals surface area contributed by atoms with Crippen LogP contribution in [0, 0.1) is 0 Å². The van der Waals surface area contributed by atoms with Crippen molar-refractivity contribution >= 4 is 11.8 Å². The highest BCUT2D eigenvalue weighted by Crippen LogP contribution is 2.40. The lowest BCUT2D eigenvalue weighted by Gasteiger charge is -2.45. The molecular weight excluding hydrogens is 372 g/mol. The van der Waals surface area contributed by atoms with Crippen molar-refractivity contribution in [2.24, 2.45) is 0 Å². The molecule has 8 nitrogen and oxygen atoms in total. The monoisotopic (exact) mass is 398 g/mol. The quantitative estimate of drug-likeness (QED) is 0.814. The Bertz CT molecular complexity index is 859. The van der Waals surface area contributed by atoms with Crippen molar-refractivity contribution in [1.29, 1.82) is 0 Å². The maximum atomic E-state index is 12.8. The zero-order chi connectivity index (χ0) is 20.3. The van der Waals surface area contributed by atoms with Gasteiger partial charge in [0.2, 0.25) is 5.91 Å². The van der Waals surface area contributed by atoms with Gasteiger partial charge in [-0.25, -0.2) is 4.98 Å². The van der Waals surface area contributed by atoms with Gasteiger partial charge in [-0.1, -0.05) is 30.3 Å². The van der Waals surface area contributed by atoms with Crippen LogP contribution in [0.25, 0.3) is 0 Å². The molecule has 1 fully saturated rings. The van der Waals surface area contributed by atoms with Crippen LogP contribution in [0.3, 0.4) is 0 Å². The van der Waals surface area contributed by atoms with E-state index in [-0.39, 0.29) is 18.4 Å². The molecule has 2 aliphatic heterocycles. The molecule has 2 amide bonds. The SMILES string of the molecule is COCC(=O)N1CCC2(CC1)O[C@@H](C(=O)NCc1ccccc1)Cn1ccnc12. The first-order valence-corrected chi connectivity index (χ1v) is 9.89. The van der Waals surface area contributed by atoms with Crippen molar-refractivity contribution in [1.82, 2.24) is 19.8 Å². The second-order valence-electron chi connectivity index (χ2n) is 7.52. The number of hydrogen-bond acceptors (Lipinski definition) is 5. The third kappa shape index (κ3) is 4.04.